The fraction of sp³-hybridized carbons (Fsp3) is 0.667. The van der Waals surface area contributed by atoms with E-state index in [1.165, 1.54) is 6.26 Å². The lowest BCUT2D eigenvalue weighted by atomic mass is 10.0. The minimum absolute atomic E-state index is 0.0631. The zero-order valence-corrected chi connectivity index (χ0v) is 14.9. The van der Waals surface area contributed by atoms with Gasteiger partial charge in [0.1, 0.15) is 0 Å². The van der Waals surface area contributed by atoms with E-state index in [1.807, 2.05) is 11.8 Å². The first-order valence-electron chi connectivity index (χ1n) is 9.20. The number of rotatable bonds is 4. The fourth-order valence-corrected chi connectivity index (χ4v) is 3.52. The van der Waals surface area contributed by atoms with Gasteiger partial charge in [0.2, 0.25) is 0 Å². The normalized spacial score (nSPS) is 20.8. The first kappa shape index (κ1) is 17.8. The number of aliphatic hydroxyl groups is 1. The van der Waals surface area contributed by atoms with Crippen molar-refractivity contribution >= 4 is 11.9 Å². The first-order valence-corrected chi connectivity index (χ1v) is 9.20. The Balaban J connectivity index is 1.57. The third-order valence-electron chi connectivity index (χ3n) is 4.99. The molecule has 2 fully saturated rings. The number of hydrogen-bond donors (Lipinski definition) is 2. The molecular formula is C18H28N4O3. The van der Waals surface area contributed by atoms with E-state index in [4.69, 9.17) is 4.42 Å². The van der Waals surface area contributed by atoms with E-state index < -0.39 is 5.60 Å². The number of nitrogens with one attached hydrogen (secondary N) is 1. The summed E-state index contributed by atoms with van der Waals surface area (Å²) in [5, 5.41) is 13.8. The highest BCUT2D eigenvalue weighted by atomic mass is 16.3. The maximum atomic E-state index is 12.3. The van der Waals surface area contributed by atoms with Crippen molar-refractivity contribution in [2.45, 2.75) is 38.2 Å². The van der Waals surface area contributed by atoms with Crippen LogP contribution in [0.2, 0.25) is 0 Å². The lowest BCUT2D eigenvalue weighted by molar-refractivity contribution is 0.0568. The fourth-order valence-electron chi connectivity index (χ4n) is 3.52. The molecule has 1 aliphatic heterocycles. The molecule has 2 aliphatic rings. The molecule has 25 heavy (non-hydrogen) atoms. The van der Waals surface area contributed by atoms with Gasteiger partial charge in [-0.05, 0) is 31.9 Å². The SMILES string of the molecule is CCNC(=NCC1(O)CCCC1)N1CCN(C(=O)c2ccco2)CC1. The van der Waals surface area contributed by atoms with E-state index in [2.05, 4.69) is 15.2 Å². The molecule has 1 saturated heterocycles. The van der Waals surface area contributed by atoms with Gasteiger partial charge in [0.15, 0.2) is 11.7 Å². The Hall–Kier alpha value is -2.02. The number of furan rings is 1. The van der Waals surface area contributed by atoms with Crippen LogP contribution in [0.15, 0.2) is 27.8 Å². The van der Waals surface area contributed by atoms with Gasteiger partial charge in [0.25, 0.3) is 5.91 Å². The Bertz CT molecular complexity index is 585. The van der Waals surface area contributed by atoms with E-state index in [-0.39, 0.29) is 5.91 Å². The second-order valence-corrected chi connectivity index (χ2v) is 6.86. The van der Waals surface area contributed by atoms with E-state index in [0.717, 1.165) is 51.3 Å². The van der Waals surface area contributed by atoms with Crippen LogP contribution in [0.3, 0.4) is 0 Å². The molecule has 0 spiro atoms. The molecule has 1 saturated carbocycles. The van der Waals surface area contributed by atoms with E-state index in [1.54, 1.807) is 12.1 Å². The molecule has 1 aromatic rings. The Labute approximate surface area is 148 Å². The zero-order valence-electron chi connectivity index (χ0n) is 14.9. The van der Waals surface area contributed by atoms with Gasteiger partial charge in [-0.2, -0.15) is 0 Å². The number of carbonyl (C=O) groups excluding carboxylic acids is 1. The summed E-state index contributed by atoms with van der Waals surface area (Å²) in [7, 11) is 0. The Morgan fingerprint density at radius 1 is 1.28 bits per heavy atom. The third-order valence-corrected chi connectivity index (χ3v) is 4.99. The van der Waals surface area contributed by atoms with Gasteiger partial charge in [-0.15, -0.1) is 0 Å². The predicted octanol–water partition coefficient (Wildman–Crippen LogP) is 1.31. The van der Waals surface area contributed by atoms with Crippen molar-refractivity contribution in [1.29, 1.82) is 0 Å². The van der Waals surface area contributed by atoms with Crippen LogP contribution >= 0.6 is 0 Å². The average Bonchev–Trinajstić information content (AvgIpc) is 3.30. The third kappa shape index (κ3) is 4.34. The zero-order chi connectivity index (χ0) is 17.7. The first-order chi connectivity index (χ1) is 12.1. The molecule has 0 atom stereocenters. The second kappa shape index (κ2) is 7.91. The summed E-state index contributed by atoms with van der Waals surface area (Å²) in [5.41, 5.74) is -0.641. The molecule has 0 bridgehead atoms. The standard InChI is InChI=1S/C18H28N4O3/c1-2-19-17(20-14-18(24)7-3-4-8-18)22-11-9-21(10-12-22)16(23)15-6-5-13-25-15/h5-6,13,24H,2-4,7-12,14H2,1H3,(H,19,20). The van der Waals surface area contributed by atoms with Crippen LogP contribution in [0, 0.1) is 0 Å². The molecular weight excluding hydrogens is 320 g/mol. The van der Waals surface area contributed by atoms with Crippen molar-refractivity contribution < 1.29 is 14.3 Å². The highest BCUT2D eigenvalue weighted by Crippen LogP contribution is 2.29. The molecule has 1 aromatic heterocycles. The Kier molecular flexibility index (Phi) is 5.63. The van der Waals surface area contributed by atoms with Crippen LogP contribution in [0.1, 0.15) is 43.2 Å². The topological polar surface area (TPSA) is 81.3 Å². The summed E-state index contributed by atoms with van der Waals surface area (Å²) < 4.78 is 5.20. The van der Waals surface area contributed by atoms with Crippen molar-refractivity contribution in [1.82, 2.24) is 15.1 Å². The van der Waals surface area contributed by atoms with Crippen molar-refractivity contribution in [3.63, 3.8) is 0 Å². The Morgan fingerprint density at radius 2 is 1.96 bits per heavy atom. The van der Waals surface area contributed by atoms with E-state index in [9.17, 15) is 9.90 Å². The molecule has 138 valence electrons. The lowest BCUT2D eigenvalue weighted by Crippen LogP contribution is -2.54. The largest absolute Gasteiger partial charge is 0.459 e. The highest BCUT2D eigenvalue weighted by Gasteiger charge is 2.31. The minimum Gasteiger partial charge on any atom is -0.459 e. The van der Waals surface area contributed by atoms with Crippen LogP contribution in [-0.2, 0) is 0 Å². The maximum absolute atomic E-state index is 12.3. The summed E-state index contributed by atoms with van der Waals surface area (Å²) in [6.07, 6.45) is 5.35. The summed E-state index contributed by atoms with van der Waals surface area (Å²) in [5.74, 6) is 1.15. The van der Waals surface area contributed by atoms with Gasteiger partial charge in [-0.1, -0.05) is 12.8 Å². The average molecular weight is 348 g/mol. The number of amides is 1. The number of guanidine groups is 1. The summed E-state index contributed by atoms with van der Waals surface area (Å²) in [4.78, 5) is 21.0. The van der Waals surface area contributed by atoms with Gasteiger partial charge < -0.3 is 24.6 Å². The van der Waals surface area contributed by atoms with Crippen LogP contribution in [0.25, 0.3) is 0 Å². The quantitative estimate of drug-likeness (QED) is 0.633. The summed E-state index contributed by atoms with van der Waals surface area (Å²) in [6.45, 7) is 5.97. The number of carbonyl (C=O) groups is 1. The lowest BCUT2D eigenvalue weighted by Gasteiger charge is -2.36. The van der Waals surface area contributed by atoms with Gasteiger partial charge in [0, 0.05) is 32.7 Å². The second-order valence-electron chi connectivity index (χ2n) is 6.86. The van der Waals surface area contributed by atoms with Gasteiger partial charge >= 0.3 is 0 Å². The number of nitrogens with zero attached hydrogens (tertiary/aromatic N) is 3. The number of piperazine rings is 1. The van der Waals surface area contributed by atoms with Crippen LogP contribution in [0.4, 0.5) is 0 Å². The van der Waals surface area contributed by atoms with Crippen molar-refractivity contribution in [2.24, 2.45) is 4.99 Å². The molecule has 1 amide bonds. The smallest absolute Gasteiger partial charge is 0.289 e. The van der Waals surface area contributed by atoms with Crippen molar-refractivity contribution in [3.05, 3.63) is 24.2 Å². The molecule has 1 aliphatic carbocycles. The molecule has 0 unspecified atom stereocenters. The molecule has 0 radical (unpaired) electrons. The summed E-state index contributed by atoms with van der Waals surface area (Å²) in [6, 6.07) is 3.43. The summed E-state index contributed by atoms with van der Waals surface area (Å²) >= 11 is 0. The molecule has 2 heterocycles. The molecule has 2 N–H and O–H groups in total. The predicted molar refractivity (Wildman–Crippen MR) is 95.6 cm³/mol. The van der Waals surface area contributed by atoms with Gasteiger partial charge in [-0.3, -0.25) is 9.79 Å². The highest BCUT2D eigenvalue weighted by molar-refractivity contribution is 5.91. The number of aliphatic imine (C=N–C) groups is 1. The molecule has 7 heteroatoms. The maximum Gasteiger partial charge on any atom is 0.289 e. The van der Waals surface area contributed by atoms with E-state index >= 15 is 0 Å². The van der Waals surface area contributed by atoms with Crippen molar-refractivity contribution in [2.75, 3.05) is 39.3 Å². The molecule has 0 aromatic carbocycles. The molecule has 3 rings (SSSR count). The van der Waals surface area contributed by atoms with Crippen LogP contribution < -0.4 is 5.32 Å². The van der Waals surface area contributed by atoms with Gasteiger partial charge in [0.05, 0.1) is 18.4 Å². The van der Waals surface area contributed by atoms with Crippen molar-refractivity contribution in [3.8, 4) is 0 Å². The molecule has 7 nitrogen and oxygen atoms in total. The van der Waals surface area contributed by atoms with Crippen LogP contribution in [-0.4, -0.2) is 71.6 Å². The monoisotopic (exact) mass is 348 g/mol. The van der Waals surface area contributed by atoms with E-state index in [0.29, 0.717) is 25.4 Å². The minimum atomic E-state index is -0.641. The number of hydrogen-bond acceptors (Lipinski definition) is 4. The Morgan fingerprint density at radius 3 is 2.56 bits per heavy atom. The van der Waals surface area contributed by atoms with Crippen LogP contribution in [0.5, 0.6) is 0 Å². The van der Waals surface area contributed by atoms with Gasteiger partial charge in [-0.25, -0.2) is 0 Å².